The van der Waals surface area contributed by atoms with E-state index in [1.165, 1.54) is 10.4 Å². The summed E-state index contributed by atoms with van der Waals surface area (Å²) in [5, 5.41) is 2.07. The average Bonchev–Trinajstić information content (AvgIpc) is 2.63. The second-order valence-corrected chi connectivity index (χ2v) is 6.03. The van der Waals surface area contributed by atoms with Crippen molar-refractivity contribution < 1.29 is 4.79 Å². The van der Waals surface area contributed by atoms with Crippen LogP contribution in [0.2, 0.25) is 0 Å². The van der Waals surface area contributed by atoms with Crippen LogP contribution in [0.4, 0.5) is 0 Å². The van der Waals surface area contributed by atoms with Crippen LogP contribution in [-0.4, -0.2) is 24.4 Å². The molecular formula is C13H20N2OS. The highest BCUT2D eigenvalue weighted by Gasteiger charge is 2.44. The van der Waals surface area contributed by atoms with Crippen molar-refractivity contribution in [3.8, 4) is 0 Å². The van der Waals surface area contributed by atoms with Gasteiger partial charge in [0, 0.05) is 18.5 Å². The number of thiophene rings is 1. The van der Waals surface area contributed by atoms with Crippen molar-refractivity contribution in [3.05, 3.63) is 21.9 Å². The molecule has 1 saturated carbocycles. The summed E-state index contributed by atoms with van der Waals surface area (Å²) in [6, 6.07) is 2.10. The lowest BCUT2D eigenvalue weighted by molar-refractivity contribution is -0.145. The molecule has 0 saturated heterocycles. The van der Waals surface area contributed by atoms with E-state index < -0.39 is 0 Å². The molecule has 1 aliphatic carbocycles. The van der Waals surface area contributed by atoms with Gasteiger partial charge in [0.15, 0.2) is 0 Å². The summed E-state index contributed by atoms with van der Waals surface area (Å²) in [5.74, 6) is 0.221. The Morgan fingerprint density at radius 2 is 2.29 bits per heavy atom. The van der Waals surface area contributed by atoms with Crippen LogP contribution in [0.5, 0.6) is 0 Å². The van der Waals surface area contributed by atoms with Gasteiger partial charge in [-0.2, -0.15) is 0 Å². The zero-order valence-electron chi connectivity index (χ0n) is 10.5. The van der Waals surface area contributed by atoms with E-state index in [9.17, 15) is 4.79 Å². The van der Waals surface area contributed by atoms with Crippen molar-refractivity contribution in [3.63, 3.8) is 0 Å². The molecule has 0 radical (unpaired) electrons. The molecule has 3 nitrogen and oxygen atoms in total. The third-order valence-corrected chi connectivity index (χ3v) is 4.86. The summed E-state index contributed by atoms with van der Waals surface area (Å²) in [6.45, 7) is 3.29. The fourth-order valence-corrected chi connectivity index (χ4v) is 3.33. The van der Waals surface area contributed by atoms with Crippen LogP contribution in [0, 0.1) is 12.3 Å². The molecule has 1 heterocycles. The predicted molar refractivity (Wildman–Crippen MR) is 70.9 cm³/mol. The topological polar surface area (TPSA) is 46.3 Å². The van der Waals surface area contributed by atoms with E-state index in [2.05, 4.69) is 18.4 Å². The average molecular weight is 252 g/mol. The molecular weight excluding hydrogens is 232 g/mol. The molecule has 1 fully saturated rings. The van der Waals surface area contributed by atoms with Crippen LogP contribution in [0.1, 0.15) is 29.7 Å². The second kappa shape index (κ2) is 4.78. The first kappa shape index (κ1) is 12.6. The Morgan fingerprint density at radius 3 is 2.71 bits per heavy atom. The van der Waals surface area contributed by atoms with E-state index in [1.54, 1.807) is 11.3 Å². The number of carbonyl (C=O) groups excluding carboxylic acids is 1. The number of hydrogen-bond donors (Lipinski definition) is 1. The van der Waals surface area contributed by atoms with Gasteiger partial charge in [-0.15, -0.1) is 11.3 Å². The predicted octanol–water partition coefficient (Wildman–Crippen LogP) is 2.14. The number of rotatable bonds is 4. The van der Waals surface area contributed by atoms with E-state index in [1.807, 2.05) is 11.9 Å². The number of hydrogen-bond acceptors (Lipinski definition) is 3. The van der Waals surface area contributed by atoms with Crippen LogP contribution >= 0.6 is 11.3 Å². The van der Waals surface area contributed by atoms with Crippen molar-refractivity contribution in [1.29, 1.82) is 0 Å². The fourth-order valence-electron chi connectivity index (χ4n) is 2.37. The molecule has 0 aliphatic heterocycles. The lowest BCUT2D eigenvalue weighted by Crippen LogP contribution is -2.50. The summed E-state index contributed by atoms with van der Waals surface area (Å²) in [5.41, 5.74) is 6.78. The van der Waals surface area contributed by atoms with Crippen LogP contribution in [0.3, 0.4) is 0 Å². The largest absolute Gasteiger partial charge is 0.340 e. The third-order valence-electron chi connectivity index (χ3n) is 3.85. The van der Waals surface area contributed by atoms with Gasteiger partial charge in [-0.05, 0) is 36.8 Å². The lowest BCUT2D eigenvalue weighted by Gasteiger charge is -2.41. The zero-order valence-corrected chi connectivity index (χ0v) is 11.3. The van der Waals surface area contributed by atoms with Crippen molar-refractivity contribution in [1.82, 2.24) is 4.90 Å². The molecule has 1 aromatic rings. The Morgan fingerprint density at radius 1 is 1.59 bits per heavy atom. The SMILES string of the molecule is Cc1ccsc1CN(C)C(=O)C1(CN)CCC1. The molecule has 1 amide bonds. The molecule has 2 rings (SSSR count). The van der Waals surface area contributed by atoms with Crippen molar-refractivity contribution in [2.75, 3.05) is 13.6 Å². The van der Waals surface area contributed by atoms with Crippen LogP contribution in [-0.2, 0) is 11.3 Å². The Labute approximate surface area is 107 Å². The van der Waals surface area contributed by atoms with Crippen molar-refractivity contribution in [2.24, 2.45) is 11.1 Å². The Kier molecular flexibility index (Phi) is 3.54. The van der Waals surface area contributed by atoms with Gasteiger partial charge in [0.1, 0.15) is 0 Å². The van der Waals surface area contributed by atoms with Gasteiger partial charge in [-0.25, -0.2) is 0 Å². The number of nitrogens with zero attached hydrogens (tertiary/aromatic N) is 1. The second-order valence-electron chi connectivity index (χ2n) is 5.03. The van der Waals surface area contributed by atoms with E-state index in [0.717, 1.165) is 19.3 Å². The quantitative estimate of drug-likeness (QED) is 0.892. The summed E-state index contributed by atoms with van der Waals surface area (Å²) in [7, 11) is 1.89. The van der Waals surface area contributed by atoms with Crippen LogP contribution in [0.25, 0.3) is 0 Å². The van der Waals surface area contributed by atoms with E-state index >= 15 is 0 Å². The van der Waals surface area contributed by atoms with Crippen LogP contribution in [0.15, 0.2) is 11.4 Å². The number of nitrogens with two attached hydrogens (primary N) is 1. The number of amides is 1. The number of aryl methyl sites for hydroxylation is 1. The molecule has 17 heavy (non-hydrogen) atoms. The Balaban J connectivity index is 2.03. The molecule has 94 valence electrons. The van der Waals surface area contributed by atoms with Crippen molar-refractivity contribution >= 4 is 17.2 Å². The maximum absolute atomic E-state index is 12.4. The zero-order chi connectivity index (χ0) is 12.5. The molecule has 0 bridgehead atoms. The molecule has 2 N–H and O–H groups in total. The first-order chi connectivity index (χ1) is 8.09. The first-order valence-corrected chi connectivity index (χ1v) is 6.96. The van der Waals surface area contributed by atoms with Gasteiger partial charge < -0.3 is 10.6 Å². The monoisotopic (exact) mass is 252 g/mol. The van der Waals surface area contributed by atoms with E-state index in [-0.39, 0.29) is 11.3 Å². The highest BCUT2D eigenvalue weighted by Crippen LogP contribution is 2.41. The smallest absolute Gasteiger partial charge is 0.230 e. The normalized spacial score (nSPS) is 17.6. The van der Waals surface area contributed by atoms with Gasteiger partial charge >= 0.3 is 0 Å². The summed E-state index contributed by atoms with van der Waals surface area (Å²) >= 11 is 1.71. The van der Waals surface area contributed by atoms with E-state index in [4.69, 9.17) is 5.73 Å². The van der Waals surface area contributed by atoms with Crippen LogP contribution < -0.4 is 5.73 Å². The maximum atomic E-state index is 12.4. The minimum Gasteiger partial charge on any atom is -0.340 e. The lowest BCUT2D eigenvalue weighted by atomic mass is 9.68. The molecule has 0 spiro atoms. The van der Waals surface area contributed by atoms with Gasteiger partial charge in [0.05, 0.1) is 12.0 Å². The third kappa shape index (κ3) is 2.24. The minimum atomic E-state index is -0.250. The maximum Gasteiger partial charge on any atom is 0.230 e. The fraction of sp³-hybridized carbons (Fsp3) is 0.615. The summed E-state index contributed by atoms with van der Waals surface area (Å²) in [6.07, 6.45) is 3.04. The first-order valence-electron chi connectivity index (χ1n) is 6.08. The molecule has 1 aromatic heterocycles. The summed E-state index contributed by atoms with van der Waals surface area (Å²) < 4.78 is 0. The van der Waals surface area contributed by atoms with Gasteiger partial charge in [-0.1, -0.05) is 6.42 Å². The van der Waals surface area contributed by atoms with Gasteiger partial charge in [-0.3, -0.25) is 4.79 Å². The minimum absolute atomic E-state index is 0.221. The Hall–Kier alpha value is -0.870. The molecule has 1 aliphatic rings. The standard InChI is InChI=1S/C13H20N2OS/c1-10-4-7-17-11(10)8-15(2)12(16)13(9-14)5-3-6-13/h4,7H,3,5-6,8-9,14H2,1-2H3. The highest BCUT2D eigenvalue weighted by molar-refractivity contribution is 7.10. The van der Waals surface area contributed by atoms with Gasteiger partial charge in [0.25, 0.3) is 0 Å². The molecule has 4 heteroatoms. The molecule has 0 atom stereocenters. The molecule has 0 unspecified atom stereocenters. The van der Waals surface area contributed by atoms with Gasteiger partial charge in [0.2, 0.25) is 5.91 Å². The van der Waals surface area contributed by atoms with Crippen molar-refractivity contribution in [2.45, 2.75) is 32.7 Å². The summed E-state index contributed by atoms with van der Waals surface area (Å²) in [4.78, 5) is 15.5. The number of carbonyl (C=O) groups is 1. The Bertz CT molecular complexity index is 404. The molecule has 0 aromatic carbocycles. The van der Waals surface area contributed by atoms with E-state index in [0.29, 0.717) is 13.1 Å². The highest BCUT2D eigenvalue weighted by atomic mass is 32.1.